The second kappa shape index (κ2) is 6.95. The molecule has 0 aliphatic carbocycles. The van der Waals surface area contributed by atoms with Crippen LogP contribution < -0.4 is 9.47 Å². The quantitative estimate of drug-likeness (QED) is 0.498. The molecule has 3 aromatic rings. The molecule has 2 aromatic carbocycles. The number of rotatable bonds is 6. The van der Waals surface area contributed by atoms with Crippen molar-refractivity contribution in [2.75, 3.05) is 7.11 Å². The molecule has 0 aliphatic rings. The highest BCUT2D eigenvalue weighted by molar-refractivity contribution is 5.56. The van der Waals surface area contributed by atoms with Gasteiger partial charge in [0, 0.05) is 17.7 Å². The molecule has 25 heavy (non-hydrogen) atoms. The van der Waals surface area contributed by atoms with E-state index in [0.29, 0.717) is 17.1 Å². The average Bonchev–Trinajstić information content (AvgIpc) is 3.09. The van der Waals surface area contributed by atoms with Gasteiger partial charge in [0.15, 0.2) is 6.61 Å². The molecule has 0 radical (unpaired) electrons. The Labute approximate surface area is 141 Å². The first-order valence-electron chi connectivity index (χ1n) is 7.10. The summed E-state index contributed by atoms with van der Waals surface area (Å²) < 4.78 is 28.7. The van der Waals surface area contributed by atoms with Gasteiger partial charge in [0.05, 0.1) is 12.0 Å². The molecule has 0 atom stereocenters. The number of nitrogens with zero attached hydrogens (tertiary/aromatic N) is 3. The summed E-state index contributed by atoms with van der Waals surface area (Å²) in [6, 6.07) is 9.99. The fourth-order valence-electron chi connectivity index (χ4n) is 2.09. The SMILES string of the molecule is COc1cccc(-c2noc(COc3cc(F)ccc3[N+](=O)[O-])n2)c1. The average molecular weight is 345 g/mol. The lowest BCUT2D eigenvalue weighted by atomic mass is 10.2. The Hall–Kier alpha value is -3.49. The van der Waals surface area contributed by atoms with Crippen molar-refractivity contribution in [1.29, 1.82) is 0 Å². The van der Waals surface area contributed by atoms with E-state index < -0.39 is 10.7 Å². The molecule has 0 bridgehead atoms. The first kappa shape index (κ1) is 16.4. The number of hydrogen-bond acceptors (Lipinski definition) is 7. The van der Waals surface area contributed by atoms with E-state index in [1.165, 1.54) is 0 Å². The minimum atomic E-state index is -0.662. The lowest BCUT2D eigenvalue weighted by Crippen LogP contribution is -2.00. The predicted molar refractivity (Wildman–Crippen MR) is 83.7 cm³/mol. The molecule has 0 aliphatic heterocycles. The largest absolute Gasteiger partial charge is 0.497 e. The van der Waals surface area contributed by atoms with Crippen LogP contribution in [-0.2, 0) is 6.61 Å². The molecule has 1 heterocycles. The summed E-state index contributed by atoms with van der Waals surface area (Å²) in [5, 5.41) is 14.8. The van der Waals surface area contributed by atoms with Crippen LogP contribution >= 0.6 is 0 Å². The topological polar surface area (TPSA) is 101 Å². The summed E-state index contributed by atoms with van der Waals surface area (Å²) in [6.45, 7) is -0.235. The molecular formula is C16H12FN3O5. The lowest BCUT2D eigenvalue weighted by molar-refractivity contribution is -0.386. The molecule has 0 N–H and O–H groups in total. The fraction of sp³-hybridized carbons (Fsp3) is 0.125. The van der Waals surface area contributed by atoms with Gasteiger partial charge in [-0.05, 0) is 18.2 Å². The van der Waals surface area contributed by atoms with Crippen molar-refractivity contribution < 1.29 is 23.3 Å². The summed E-state index contributed by atoms with van der Waals surface area (Å²) in [4.78, 5) is 14.4. The third-order valence-electron chi connectivity index (χ3n) is 3.27. The fourth-order valence-corrected chi connectivity index (χ4v) is 2.09. The smallest absolute Gasteiger partial charge is 0.311 e. The molecule has 0 fully saturated rings. The molecule has 0 spiro atoms. The van der Waals surface area contributed by atoms with Crippen molar-refractivity contribution in [3.8, 4) is 22.9 Å². The van der Waals surface area contributed by atoms with Crippen molar-refractivity contribution in [2.24, 2.45) is 0 Å². The molecule has 9 heteroatoms. The van der Waals surface area contributed by atoms with Gasteiger partial charge in [-0.2, -0.15) is 4.98 Å². The number of benzene rings is 2. The van der Waals surface area contributed by atoms with Gasteiger partial charge in [0.1, 0.15) is 11.6 Å². The van der Waals surface area contributed by atoms with E-state index in [2.05, 4.69) is 10.1 Å². The zero-order valence-electron chi connectivity index (χ0n) is 13.0. The first-order valence-corrected chi connectivity index (χ1v) is 7.10. The third-order valence-corrected chi connectivity index (χ3v) is 3.27. The molecule has 3 rings (SSSR count). The van der Waals surface area contributed by atoms with Crippen LogP contribution in [0, 0.1) is 15.9 Å². The van der Waals surface area contributed by atoms with Gasteiger partial charge in [-0.3, -0.25) is 10.1 Å². The van der Waals surface area contributed by atoms with Crippen LogP contribution in [0.1, 0.15) is 5.89 Å². The number of ether oxygens (including phenoxy) is 2. The number of hydrogen-bond donors (Lipinski definition) is 0. The van der Waals surface area contributed by atoms with E-state index in [4.69, 9.17) is 14.0 Å². The Kier molecular flexibility index (Phi) is 4.55. The van der Waals surface area contributed by atoms with Crippen molar-refractivity contribution in [3.63, 3.8) is 0 Å². The normalized spacial score (nSPS) is 10.5. The van der Waals surface area contributed by atoms with Crippen molar-refractivity contribution in [2.45, 2.75) is 6.61 Å². The van der Waals surface area contributed by atoms with Crippen molar-refractivity contribution in [1.82, 2.24) is 10.1 Å². The highest BCUT2D eigenvalue weighted by atomic mass is 19.1. The molecule has 128 valence electrons. The Morgan fingerprint density at radius 1 is 1.28 bits per heavy atom. The predicted octanol–water partition coefficient (Wildman–Crippen LogP) is 3.37. The standard InChI is InChI=1S/C16H12FN3O5/c1-23-12-4-2-3-10(7-12)16-18-15(25-19-16)9-24-14-8-11(17)5-6-13(14)20(21)22/h2-8H,9H2,1H3. The van der Waals surface area contributed by atoms with E-state index in [9.17, 15) is 14.5 Å². The molecule has 8 nitrogen and oxygen atoms in total. The zero-order valence-corrected chi connectivity index (χ0v) is 13.0. The summed E-state index contributed by atoms with van der Waals surface area (Å²) >= 11 is 0. The van der Waals surface area contributed by atoms with Crippen molar-refractivity contribution >= 4 is 5.69 Å². The first-order chi connectivity index (χ1) is 12.1. The number of nitro groups is 1. The highest BCUT2D eigenvalue weighted by Gasteiger charge is 2.17. The third kappa shape index (κ3) is 3.71. The van der Waals surface area contributed by atoms with Crippen LogP contribution in [-0.4, -0.2) is 22.2 Å². The summed E-state index contributed by atoms with van der Waals surface area (Å²) in [5.41, 5.74) is 0.319. The van der Waals surface area contributed by atoms with Gasteiger partial charge in [-0.15, -0.1) is 0 Å². The van der Waals surface area contributed by atoms with E-state index in [-0.39, 0.29) is 23.9 Å². The van der Waals surface area contributed by atoms with Gasteiger partial charge in [-0.1, -0.05) is 17.3 Å². The van der Waals surface area contributed by atoms with Gasteiger partial charge >= 0.3 is 5.69 Å². The number of aromatic nitrogens is 2. The van der Waals surface area contributed by atoms with Gasteiger partial charge in [0.2, 0.25) is 11.6 Å². The van der Waals surface area contributed by atoms with E-state index in [1.807, 2.05) is 0 Å². The molecule has 0 amide bonds. The van der Waals surface area contributed by atoms with Crippen molar-refractivity contribution in [3.05, 3.63) is 64.3 Å². The summed E-state index contributed by atoms with van der Waals surface area (Å²) in [7, 11) is 1.54. The zero-order chi connectivity index (χ0) is 17.8. The van der Waals surface area contributed by atoms with E-state index in [0.717, 1.165) is 18.2 Å². The maximum Gasteiger partial charge on any atom is 0.311 e. The van der Waals surface area contributed by atoms with Gasteiger partial charge in [-0.25, -0.2) is 4.39 Å². The molecule has 0 saturated carbocycles. The van der Waals surface area contributed by atoms with Crippen LogP contribution in [0.15, 0.2) is 47.0 Å². The Bertz CT molecular complexity index is 912. The van der Waals surface area contributed by atoms with Crippen LogP contribution in [0.5, 0.6) is 11.5 Å². The Morgan fingerprint density at radius 3 is 2.88 bits per heavy atom. The van der Waals surface area contributed by atoms with E-state index >= 15 is 0 Å². The molecule has 0 unspecified atom stereocenters. The number of methoxy groups -OCH3 is 1. The van der Waals surface area contributed by atoms with Crippen LogP contribution in [0.4, 0.5) is 10.1 Å². The van der Waals surface area contributed by atoms with Crippen LogP contribution in [0.3, 0.4) is 0 Å². The molecule has 1 aromatic heterocycles. The minimum absolute atomic E-state index is 0.0939. The van der Waals surface area contributed by atoms with Gasteiger partial charge < -0.3 is 14.0 Å². The Morgan fingerprint density at radius 2 is 2.12 bits per heavy atom. The summed E-state index contributed by atoms with van der Waals surface area (Å²) in [5.74, 6) is 0.174. The second-order valence-electron chi connectivity index (χ2n) is 4.90. The van der Waals surface area contributed by atoms with Crippen LogP contribution in [0.2, 0.25) is 0 Å². The Balaban J connectivity index is 1.76. The number of halogens is 1. The second-order valence-corrected chi connectivity index (χ2v) is 4.90. The molecular weight excluding hydrogens is 333 g/mol. The van der Waals surface area contributed by atoms with Crippen LogP contribution in [0.25, 0.3) is 11.4 Å². The van der Waals surface area contributed by atoms with Gasteiger partial charge in [0.25, 0.3) is 5.89 Å². The maximum absolute atomic E-state index is 13.3. The molecule has 0 saturated heterocycles. The number of nitro benzene ring substituents is 1. The summed E-state index contributed by atoms with van der Waals surface area (Å²) in [6.07, 6.45) is 0. The minimum Gasteiger partial charge on any atom is -0.497 e. The monoisotopic (exact) mass is 345 g/mol. The maximum atomic E-state index is 13.3. The lowest BCUT2D eigenvalue weighted by Gasteiger charge is -2.04. The van der Waals surface area contributed by atoms with E-state index in [1.54, 1.807) is 31.4 Å². The highest BCUT2D eigenvalue weighted by Crippen LogP contribution is 2.28.